The molecule has 4 nitrogen and oxygen atoms in total. The normalized spacial score (nSPS) is 11.3. The first-order chi connectivity index (χ1) is 7.87. The number of aromatic nitrogens is 1. The molecular formula is C9H9F4N3O. The van der Waals surface area contributed by atoms with Crippen molar-refractivity contribution in [1.29, 1.82) is 0 Å². The molecule has 1 heterocycles. The second kappa shape index (κ2) is 5.58. The van der Waals surface area contributed by atoms with Crippen LogP contribution in [0.15, 0.2) is 18.2 Å². The molecule has 0 fully saturated rings. The van der Waals surface area contributed by atoms with E-state index in [1.54, 1.807) is 0 Å². The van der Waals surface area contributed by atoms with E-state index in [0.717, 1.165) is 6.07 Å². The van der Waals surface area contributed by atoms with E-state index in [-0.39, 0.29) is 5.82 Å². The van der Waals surface area contributed by atoms with Crippen molar-refractivity contribution in [3.63, 3.8) is 0 Å². The minimum absolute atomic E-state index is 0.0520. The van der Waals surface area contributed by atoms with E-state index >= 15 is 0 Å². The van der Waals surface area contributed by atoms with E-state index in [1.165, 1.54) is 12.1 Å². The molecule has 0 saturated carbocycles. The molecule has 0 radical (unpaired) electrons. The van der Waals surface area contributed by atoms with Crippen molar-refractivity contribution in [2.75, 3.05) is 18.4 Å². The maximum Gasteiger partial charge on any atom is 0.401 e. The lowest BCUT2D eigenvalue weighted by atomic mass is 10.4. The first kappa shape index (κ1) is 13.4. The van der Waals surface area contributed by atoms with Crippen LogP contribution in [0.3, 0.4) is 0 Å². The molecule has 1 aromatic heterocycles. The second-order valence-corrected chi connectivity index (χ2v) is 3.11. The van der Waals surface area contributed by atoms with Crippen LogP contribution in [0.1, 0.15) is 0 Å². The summed E-state index contributed by atoms with van der Waals surface area (Å²) in [5.74, 6) is -1.57. The first-order valence-electron chi connectivity index (χ1n) is 4.57. The number of alkyl halides is 3. The van der Waals surface area contributed by atoms with Gasteiger partial charge in [0.05, 0.1) is 13.1 Å². The summed E-state index contributed by atoms with van der Waals surface area (Å²) in [6.07, 6.45) is -4.38. The monoisotopic (exact) mass is 251 g/mol. The summed E-state index contributed by atoms with van der Waals surface area (Å²) in [4.78, 5) is 14.4. The molecule has 1 amide bonds. The number of nitrogens with one attached hydrogen (secondary N) is 2. The lowest BCUT2D eigenvalue weighted by Gasteiger charge is -2.08. The molecule has 0 aromatic carbocycles. The third-order valence-electron chi connectivity index (χ3n) is 1.59. The molecule has 0 aliphatic heterocycles. The molecule has 0 unspecified atom stereocenters. The summed E-state index contributed by atoms with van der Waals surface area (Å²) >= 11 is 0. The Morgan fingerprint density at radius 2 is 2.06 bits per heavy atom. The predicted molar refractivity (Wildman–Crippen MR) is 51.7 cm³/mol. The molecule has 2 N–H and O–H groups in total. The zero-order chi connectivity index (χ0) is 12.9. The van der Waals surface area contributed by atoms with Gasteiger partial charge in [-0.05, 0) is 12.1 Å². The van der Waals surface area contributed by atoms with Crippen LogP contribution in [0.25, 0.3) is 0 Å². The molecule has 0 bridgehead atoms. The number of pyridine rings is 1. The maximum absolute atomic E-state index is 12.6. The number of halogens is 4. The molecule has 0 saturated heterocycles. The zero-order valence-electron chi connectivity index (χ0n) is 8.51. The van der Waals surface area contributed by atoms with Crippen LogP contribution < -0.4 is 10.6 Å². The number of carbonyl (C=O) groups excluding carboxylic acids is 1. The highest BCUT2D eigenvalue weighted by atomic mass is 19.4. The Labute approximate surface area is 94.0 Å². The average molecular weight is 251 g/mol. The van der Waals surface area contributed by atoms with Gasteiger partial charge in [0.15, 0.2) is 0 Å². The standard InChI is InChI=1S/C9H9F4N3O/c10-6-2-1-3-7(15-6)16-8(17)4-14-5-9(11,12)13/h1-3,14H,4-5H2,(H,15,16,17). The van der Waals surface area contributed by atoms with Crippen LogP contribution >= 0.6 is 0 Å². The molecule has 94 valence electrons. The van der Waals surface area contributed by atoms with Gasteiger partial charge in [0, 0.05) is 0 Å². The number of hydrogen-bond acceptors (Lipinski definition) is 3. The van der Waals surface area contributed by atoms with Gasteiger partial charge in [-0.1, -0.05) is 6.07 Å². The summed E-state index contributed by atoms with van der Waals surface area (Å²) in [5, 5.41) is 4.05. The van der Waals surface area contributed by atoms with Crippen LogP contribution in [0, 0.1) is 5.95 Å². The number of amides is 1. The van der Waals surface area contributed by atoms with Crippen molar-refractivity contribution in [3.05, 3.63) is 24.1 Å². The van der Waals surface area contributed by atoms with Crippen molar-refractivity contribution >= 4 is 11.7 Å². The van der Waals surface area contributed by atoms with Gasteiger partial charge in [0.2, 0.25) is 11.9 Å². The smallest absolute Gasteiger partial charge is 0.309 e. The maximum atomic E-state index is 12.6. The average Bonchev–Trinajstić information content (AvgIpc) is 2.15. The molecular weight excluding hydrogens is 242 g/mol. The van der Waals surface area contributed by atoms with E-state index < -0.39 is 31.1 Å². The van der Waals surface area contributed by atoms with E-state index in [0.29, 0.717) is 0 Å². The molecule has 0 atom stereocenters. The highest BCUT2D eigenvalue weighted by molar-refractivity contribution is 5.91. The Hall–Kier alpha value is -1.70. The number of nitrogens with zero attached hydrogens (tertiary/aromatic N) is 1. The molecule has 1 rings (SSSR count). The van der Waals surface area contributed by atoms with Crippen LogP contribution in [0.5, 0.6) is 0 Å². The van der Waals surface area contributed by atoms with Crippen molar-refractivity contribution in [2.24, 2.45) is 0 Å². The Morgan fingerprint density at radius 3 is 2.65 bits per heavy atom. The van der Waals surface area contributed by atoms with Crippen LogP contribution in [0.2, 0.25) is 0 Å². The van der Waals surface area contributed by atoms with Crippen molar-refractivity contribution < 1.29 is 22.4 Å². The van der Waals surface area contributed by atoms with Crippen molar-refractivity contribution in [3.8, 4) is 0 Å². The second-order valence-electron chi connectivity index (χ2n) is 3.11. The lowest BCUT2D eigenvalue weighted by Crippen LogP contribution is -2.35. The molecule has 1 aromatic rings. The fraction of sp³-hybridized carbons (Fsp3) is 0.333. The summed E-state index contributed by atoms with van der Waals surface area (Å²) in [6.45, 7) is -1.80. The van der Waals surface area contributed by atoms with Gasteiger partial charge in [-0.25, -0.2) is 4.98 Å². The molecule has 0 aliphatic carbocycles. The molecule has 8 heteroatoms. The predicted octanol–water partition coefficient (Wildman–Crippen LogP) is 1.31. The Morgan fingerprint density at radius 1 is 1.35 bits per heavy atom. The number of anilines is 1. The topological polar surface area (TPSA) is 54.0 Å². The summed E-state index contributed by atoms with van der Waals surface area (Å²) in [7, 11) is 0. The van der Waals surface area contributed by atoms with Gasteiger partial charge in [0.1, 0.15) is 5.82 Å². The fourth-order valence-corrected chi connectivity index (χ4v) is 0.983. The Bertz CT molecular complexity index is 394. The Balaban J connectivity index is 2.35. The molecule has 0 aliphatic rings. The zero-order valence-corrected chi connectivity index (χ0v) is 8.51. The first-order valence-corrected chi connectivity index (χ1v) is 4.57. The lowest BCUT2D eigenvalue weighted by molar-refractivity contribution is -0.126. The SMILES string of the molecule is O=C(CNCC(F)(F)F)Nc1cccc(F)n1. The summed E-state index contributed by atoms with van der Waals surface area (Å²) < 4.78 is 47.8. The van der Waals surface area contributed by atoms with Crippen LogP contribution in [-0.2, 0) is 4.79 Å². The Kier molecular flexibility index (Phi) is 4.38. The van der Waals surface area contributed by atoms with Crippen molar-refractivity contribution in [2.45, 2.75) is 6.18 Å². The van der Waals surface area contributed by atoms with Gasteiger partial charge in [-0.3, -0.25) is 4.79 Å². The fourth-order valence-electron chi connectivity index (χ4n) is 0.983. The van der Waals surface area contributed by atoms with Crippen LogP contribution in [-0.4, -0.2) is 30.2 Å². The van der Waals surface area contributed by atoms with E-state index in [1.807, 2.05) is 5.32 Å². The highest BCUT2D eigenvalue weighted by Crippen LogP contribution is 2.11. The van der Waals surface area contributed by atoms with Gasteiger partial charge < -0.3 is 10.6 Å². The minimum Gasteiger partial charge on any atom is -0.309 e. The van der Waals surface area contributed by atoms with Gasteiger partial charge in [-0.2, -0.15) is 17.6 Å². The molecule has 0 spiro atoms. The highest BCUT2D eigenvalue weighted by Gasteiger charge is 2.26. The number of carbonyl (C=O) groups is 1. The van der Waals surface area contributed by atoms with Gasteiger partial charge in [0.25, 0.3) is 0 Å². The van der Waals surface area contributed by atoms with Gasteiger partial charge >= 0.3 is 6.18 Å². The largest absolute Gasteiger partial charge is 0.401 e. The third kappa shape index (κ3) is 5.81. The number of hydrogen-bond donors (Lipinski definition) is 2. The summed E-state index contributed by atoms with van der Waals surface area (Å²) in [6, 6.07) is 3.73. The number of rotatable bonds is 4. The molecule has 17 heavy (non-hydrogen) atoms. The van der Waals surface area contributed by atoms with E-state index in [2.05, 4.69) is 10.3 Å². The van der Waals surface area contributed by atoms with E-state index in [4.69, 9.17) is 0 Å². The van der Waals surface area contributed by atoms with Crippen molar-refractivity contribution in [1.82, 2.24) is 10.3 Å². The van der Waals surface area contributed by atoms with Gasteiger partial charge in [-0.15, -0.1) is 0 Å². The van der Waals surface area contributed by atoms with E-state index in [9.17, 15) is 22.4 Å². The summed E-state index contributed by atoms with van der Waals surface area (Å²) in [5.41, 5.74) is 0. The van der Waals surface area contributed by atoms with Crippen LogP contribution in [0.4, 0.5) is 23.4 Å². The quantitative estimate of drug-likeness (QED) is 0.626. The minimum atomic E-state index is -4.38. The third-order valence-corrected chi connectivity index (χ3v) is 1.59.